The van der Waals surface area contributed by atoms with Crippen LogP contribution in [-0.4, -0.2) is 49.5 Å². The highest BCUT2D eigenvalue weighted by atomic mass is 16.5. The van der Waals surface area contributed by atoms with Crippen molar-refractivity contribution in [3.8, 4) is 11.5 Å². The highest BCUT2D eigenvalue weighted by molar-refractivity contribution is 6.35. The molecule has 0 fully saturated rings. The quantitative estimate of drug-likeness (QED) is 0.188. The molecule has 8 heteroatoms. The van der Waals surface area contributed by atoms with E-state index in [1.165, 1.54) is 13.3 Å². The number of rotatable bonds is 10. The van der Waals surface area contributed by atoms with Gasteiger partial charge in [0.2, 0.25) is 0 Å². The Balaban J connectivity index is 2.55. The Morgan fingerprint density at radius 3 is 2.70 bits per heavy atom. The van der Waals surface area contributed by atoms with Crippen molar-refractivity contribution >= 4 is 18.0 Å². The van der Waals surface area contributed by atoms with Crippen molar-refractivity contribution in [2.24, 2.45) is 5.10 Å². The number of allylic oxidation sites excluding steroid dienone is 1. The summed E-state index contributed by atoms with van der Waals surface area (Å²) in [6.07, 6.45) is 4.19. The van der Waals surface area contributed by atoms with Crippen LogP contribution in [0.5, 0.6) is 11.5 Å². The summed E-state index contributed by atoms with van der Waals surface area (Å²) in [7, 11) is 1.44. The van der Waals surface area contributed by atoms with Crippen LogP contribution in [0.4, 0.5) is 0 Å². The maximum atomic E-state index is 11.7. The van der Waals surface area contributed by atoms with Crippen LogP contribution in [-0.2, 0) is 20.7 Å². The van der Waals surface area contributed by atoms with Gasteiger partial charge in [0.15, 0.2) is 11.5 Å². The minimum atomic E-state index is -0.868. The number of carbonyl (C=O) groups is 2. The molecule has 0 unspecified atom stereocenters. The number of phenolic OH excluding ortho intramolecular Hbond substituents is 1. The lowest BCUT2D eigenvalue weighted by molar-refractivity contribution is -0.139. The Hall–Kier alpha value is -2.87. The van der Waals surface area contributed by atoms with Crippen LogP contribution in [0.15, 0.2) is 29.9 Å². The molecule has 0 aliphatic rings. The highest BCUT2D eigenvalue weighted by Gasteiger charge is 2.12. The maximum Gasteiger partial charge on any atom is 0.329 e. The van der Waals surface area contributed by atoms with Crippen molar-refractivity contribution in [1.29, 1.82) is 0 Å². The summed E-state index contributed by atoms with van der Waals surface area (Å²) < 4.78 is 10.5. The Morgan fingerprint density at radius 1 is 1.33 bits per heavy atom. The van der Waals surface area contributed by atoms with Crippen molar-refractivity contribution in [3.05, 3.63) is 35.9 Å². The molecule has 0 spiro atoms. The van der Waals surface area contributed by atoms with Crippen molar-refractivity contribution < 1.29 is 24.2 Å². The van der Waals surface area contributed by atoms with Gasteiger partial charge in [0.25, 0.3) is 0 Å². The SMILES string of the molecule is C=CCc1cc(/C=N/NC(=O)C(=O)NCCCOC(C)C)cc(OC)c1O. The third-order valence-corrected chi connectivity index (χ3v) is 3.40. The third kappa shape index (κ3) is 7.91. The average Bonchev–Trinajstić information content (AvgIpc) is 2.63. The molecule has 0 aromatic heterocycles. The number of hydrogen-bond donors (Lipinski definition) is 3. The van der Waals surface area contributed by atoms with Crippen LogP contribution in [0.2, 0.25) is 0 Å². The average molecular weight is 377 g/mol. The number of nitrogens with one attached hydrogen (secondary N) is 2. The highest BCUT2D eigenvalue weighted by Crippen LogP contribution is 2.31. The predicted octanol–water partition coefficient (Wildman–Crippen LogP) is 1.51. The summed E-state index contributed by atoms with van der Waals surface area (Å²) in [6, 6.07) is 3.25. The molecule has 3 N–H and O–H groups in total. The van der Waals surface area contributed by atoms with Crippen molar-refractivity contribution in [2.45, 2.75) is 32.8 Å². The smallest absolute Gasteiger partial charge is 0.329 e. The largest absolute Gasteiger partial charge is 0.504 e. The molecule has 0 radical (unpaired) electrons. The van der Waals surface area contributed by atoms with E-state index in [1.54, 1.807) is 18.2 Å². The molecule has 0 bridgehead atoms. The number of amides is 2. The van der Waals surface area contributed by atoms with Gasteiger partial charge in [0.1, 0.15) is 0 Å². The lowest BCUT2D eigenvalue weighted by Crippen LogP contribution is -2.38. The van der Waals surface area contributed by atoms with E-state index in [9.17, 15) is 14.7 Å². The molecular weight excluding hydrogens is 350 g/mol. The van der Waals surface area contributed by atoms with Gasteiger partial charge in [-0.1, -0.05) is 6.08 Å². The topological polar surface area (TPSA) is 109 Å². The van der Waals surface area contributed by atoms with Crippen LogP contribution in [0.25, 0.3) is 0 Å². The zero-order chi connectivity index (χ0) is 20.2. The Labute approximate surface area is 159 Å². The first-order valence-corrected chi connectivity index (χ1v) is 8.62. The van der Waals surface area contributed by atoms with Gasteiger partial charge in [-0.05, 0) is 44.4 Å². The fourth-order valence-corrected chi connectivity index (χ4v) is 2.12. The minimum absolute atomic E-state index is 0.0272. The Kier molecular flexibility index (Phi) is 9.60. The van der Waals surface area contributed by atoms with Gasteiger partial charge in [0, 0.05) is 18.7 Å². The summed E-state index contributed by atoms with van der Waals surface area (Å²) in [5.41, 5.74) is 3.36. The van der Waals surface area contributed by atoms with E-state index in [1.807, 2.05) is 13.8 Å². The van der Waals surface area contributed by atoms with E-state index in [0.29, 0.717) is 37.1 Å². The number of hydrogen-bond acceptors (Lipinski definition) is 6. The third-order valence-electron chi connectivity index (χ3n) is 3.40. The zero-order valence-electron chi connectivity index (χ0n) is 15.9. The number of hydrazone groups is 1. The molecule has 0 aliphatic heterocycles. The summed E-state index contributed by atoms with van der Waals surface area (Å²) in [4.78, 5) is 23.4. The van der Waals surface area contributed by atoms with Gasteiger partial charge < -0.3 is 19.9 Å². The first kappa shape index (κ1) is 22.2. The van der Waals surface area contributed by atoms with E-state index in [0.717, 1.165) is 0 Å². The number of ether oxygens (including phenoxy) is 2. The van der Waals surface area contributed by atoms with Crippen LogP contribution in [0.1, 0.15) is 31.4 Å². The van der Waals surface area contributed by atoms with Crippen LogP contribution >= 0.6 is 0 Å². The first-order chi connectivity index (χ1) is 12.9. The van der Waals surface area contributed by atoms with Gasteiger partial charge in [-0.2, -0.15) is 5.10 Å². The van der Waals surface area contributed by atoms with Crippen LogP contribution < -0.4 is 15.5 Å². The Bertz CT molecular complexity index is 686. The molecule has 1 aromatic carbocycles. The second-order valence-corrected chi connectivity index (χ2v) is 5.95. The fourth-order valence-electron chi connectivity index (χ4n) is 2.12. The summed E-state index contributed by atoms with van der Waals surface area (Å²) >= 11 is 0. The van der Waals surface area contributed by atoms with Gasteiger partial charge in [-0.25, -0.2) is 5.43 Å². The van der Waals surface area contributed by atoms with Gasteiger partial charge in [-0.15, -0.1) is 6.58 Å². The zero-order valence-corrected chi connectivity index (χ0v) is 15.9. The molecule has 0 saturated carbocycles. The molecule has 27 heavy (non-hydrogen) atoms. The van der Waals surface area contributed by atoms with Crippen LogP contribution in [0.3, 0.4) is 0 Å². The monoisotopic (exact) mass is 377 g/mol. The number of benzene rings is 1. The van der Waals surface area contributed by atoms with E-state index >= 15 is 0 Å². The summed E-state index contributed by atoms with van der Waals surface area (Å²) in [5.74, 6) is -1.33. The first-order valence-electron chi connectivity index (χ1n) is 8.62. The maximum absolute atomic E-state index is 11.7. The number of phenols is 1. The van der Waals surface area contributed by atoms with Crippen molar-refractivity contribution in [3.63, 3.8) is 0 Å². The Morgan fingerprint density at radius 2 is 2.07 bits per heavy atom. The summed E-state index contributed by atoms with van der Waals surface area (Å²) in [6.45, 7) is 8.33. The molecule has 0 heterocycles. The van der Waals surface area contributed by atoms with E-state index in [2.05, 4.69) is 22.4 Å². The standard InChI is InChI=1S/C19H27N3O5/c1-5-7-15-10-14(11-16(26-4)17(15)23)12-21-22-19(25)18(24)20-8-6-9-27-13(2)3/h5,10-13,23H,1,6-9H2,2-4H3,(H,20,24)(H,22,25)/b21-12+. The number of carbonyl (C=O) groups excluding carboxylic acids is 2. The molecule has 0 saturated heterocycles. The van der Waals surface area contributed by atoms with Crippen molar-refractivity contribution in [2.75, 3.05) is 20.3 Å². The van der Waals surface area contributed by atoms with Crippen molar-refractivity contribution in [1.82, 2.24) is 10.7 Å². The molecule has 2 amide bonds. The van der Waals surface area contributed by atoms with E-state index < -0.39 is 11.8 Å². The van der Waals surface area contributed by atoms with E-state index in [4.69, 9.17) is 9.47 Å². The number of methoxy groups -OCH3 is 1. The molecule has 1 rings (SSSR count). The normalized spacial score (nSPS) is 10.8. The predicted molar refractivity (Wildman–Crippen MR) is 103 cm³/mol. The van der Waals surface area contributed by atoms with Crippen LogP contribution in [0, 0.1) is 0 Å². The molecular formula is C19H27N3O5. The fraction of sp³-hybridized carbons (Fsp3) is 0.421. The second-order valence-electron chi connectivity index (χ2n) is 5.95. The lowest BCUT2D eigenvalue weighted by atomic mass is 10.1. The molecule has 8 nitrogen and oxygen atoms in total. The lowest BCUT2D eigenvalue weighted by Gasteiger charge is -2.09. The second kappa shape index (κ2) is 11.7. The number of aromatic hydroxyl groups is 1. The molecule has 0 atom stereocenters. The van der Waals surface area contributed by atoms with Gasteiger partial charge in [0.05, 0.1) is 19.4 Å². The van der Waals surface area contributed by atoms with Gasteiger partial charge in [-0.3, -0.25) is 9.59 Å². The summed E-state index contributed by atoms with van der Waals surface area (Å²) in [5, 5.41) is 16.3. The molecule has 148 valence electrons. The van der Waals surface area contributed by atoms with Gasteiger partial charge >= 0.3 is 11.8 Å². The molecule has 0 aliphatic carbocycles. The number of nitrogens with zero attached hydrogens (tertiary/aromatic N) is 1. The molecule has 1 aromatic rings. The minimum Gasteiger partial charge on any atom is -0.504 e. The van der Waals surface area contributed by atoms with E-state index in [-0.39, 0.29) is 17.6 Å².